The third kappa shape index (κ3) is 5.39. The van der Waals surface area contributed by atoms with E-state index >= 15 is 0 Å². The third-order valence-electron chi connectivity index (χ3n) is 4.97. The van der Waals surface area contributed by atoms with Gasteiger partial charge < -0.3 is 14.8 Å². The van der Waals surface area contributed by atoms with Crippen molar-refractivity contribution in [3.8, 4) is 17.6 Å². The summed E-state index contributed by atoms with van der Waals surface area (Å²) in [4.78, 5) is 16.9. The van der Waals surface area contributed by atoms with Crippen molar-refractivity contribution in [2.75, 3.05) is 13.2 Å². The molecule has 0 fully saturated rings. The lowest BCUT2D eigenvalue weighted by atomic mass is 9.96. The number of halogens is 2. The summed E-state index contributed by atoms with van der Waals surface area (Å²) in [7, 11) is 0. The van der Waals surface area contributed by atoms with E-state index in [0.29, 0.717) is 31.1 Å². The number of hydrogen-bond donors (Lipinski definition) is 1. The molecule has 30 heavy (non-hydrogen) atoms. The van der Waals surface area contributed by atoms with Gasteiger partial charge in [0.2, 0.25) is 5.91 Å². The highest BCUT2D eigenvalue weighted by Gasteiger charge is 2.24. The van der Waals surface area contributed by atoms with Gasteiger partial charge in [-0.3, -0.25) is 9.78 Å². The minimum absolute atomic E-state index is 0.0926. The average Bonchev–Trinajstić information content (AvgIpc) is 2.97. The number of carbonyl (C=O) groups excluding carboxylic acids is 1. The highest BCUT2D eigenvalue weighted by Crippen LogP contribution is 2.33. The molecule has 0 spiro atoms. The molecule has 0 aliphatic carbocycles. The Morgan fingerprint density at radius 3 is 2.80 bits per heavy atom. The Hall–Kier alpha value is -2.85. The molecule has 0 saturated heterocycles. The molecule has 2 aromatic rings. The normalized spacial score (nSPS) is 14.9. The molecule has 2 atom stereocenters. The van der Waals surface area contributed by atoms with E-state index in [-0.39, 0.29) is 29.5 Å². The minimum Gasteiger partial charge on any atom is -0.490 e. The zero-order valence-corrected chi connectivity index (χ0v) is 17.4. The maximum Gasteiger partial charge on any atom is 0.224 e. The van der Waals surface area contributed by atoms with E-state index in [9.17, 15) is 14.4 Å². The first-order valence-corrected chi connectivity index (χ1v) is 10.3. The predicted molar refractivity (Wildman–Crippen MR) is 110 cm³/mol. The average molecular weight is 432 g/mol. The van der Waals surface area contributed by atoms with Crippen LogP contribution in [0.5, 0.6) is 11.5 Å². The first-order valence-electron chi connectivity index (χ1n) is 9.88. The lowest BCUT2D eigenvalue weighted by Crippen LogP contribution is -2.35. The van der Waals surface area contributed by atoms with Gasteiger partial charge in [0.05, 0.1) is 42.5 Å². The van der Waals surface area contributed by atoms with E-state index in [0.717, 1.165) is 12.0 Å². The van der Waals surface area contributed by atoms with Gasteiger partial charge in [0.15, 0.2) is 11.5 Å². The second-order valence-corrected chi connectivity index (χ2v) is 7.51. The van der Waals surface area contributed by atoms with Crippen LogP contribution in [0.4, 0.5) is 4.39 Å². The SMILES string of the molecule is CCC(Cc1ncc(Cl)cc1F)C(=O)NC(CC#N)c1ccc2c(c1)OCCCO2. The number of benzene rings is 1. The Kier molecular flexibility index (Phi) is 7.47. The summed E-state index contributed by atoms with van der Waals surface area (Å²) in [6.45, 7) is 2.98. The first-order chi connectivity index (χ1) is 14.5. The van der Waals surface area contributed by atoms with Crippen molar-refractivity contribution in [3.05, 3.63) is 52.6 Å². The topological polar surface area (TPSA) is 84.2 Å². The molecular weight excluding hydrogens is 409 g/mol. The van der Waals surface area contributed by atoms with Crippen molar-refractivity contribution in [2.45, 2.75) is 38.6 Å². The number of nitrogens with one attached hydrogen (secondary N) is 1. The quantitative estimate of drug-likeness (QED) is 0.703. The van der Waals surface area contributed by atoms with Gasteiger partial charge in [0.25, 0.3) is 0 Å². The lowest BCUT2D eigenvalue weighted by Gasteiger charge is -2.22. The van der Waals surface area contributed by atoms with E-state index in [4.69, 9.17) is 21.1 Å². The number of pyridine rings is 1. The molecule has 1 amide bonds. The number of ether oxygens (including phenoxy) is 2. The number of amides is 1. The van der Waals surface area contributed by atoms with Crippen molar-refractivity contribution < 1.29 is 18.7 Å². The molecule has 0 radical (unpaired) electrons. The largest absolute Gasteiger partial charge is 0.490 e. The highest BCUT2D eigenvalue weighted by molar-refractivity contribution is 6.30. The second-order valence-electron chi connectivity index (χ2n) is 7.07. The Balaban J connectivity index is 1.75. The fourth-order valence-electron chi connectivity index (χ4n) is 3.28. The number of fused-ring (bicyclic) bond motifs is 1. The smallest absolute Gasteiger partial charge is 0.224 e. The molecule has 158 valence electrons. The molecule has 3 rings (SSSR count). The van der Waals surface area contributed by atoms with Crippen LogP contribution in [-0.2, 0) is 11.2 Å². The summed E-state index contributed by atoms with van der Waals surface area (Å²) < 4.78 is 25.5. The van der Waals surface area contributed by atoms with Crippen LogP contribution in [0.25, 0.3) is 0 Å². The van der Waals surface area contributed by atoms with E-state index in [1.807, 2.05) is 13.0 Å². The predicted octanol–water partition coefficient (Wildman–Crippen LogP) is 4.38. The van der Waals surface area contributed by atoms with Crippen molar-refractivity contribution in [3.63, 3.8) is 0 Å². The number of nitrogens with zero attached hydrogens (tertiary/aromatic N) is 2. The van der Waals surface area contributed by atoms with Gasteiger partial charge in [-0.25, -0.2) is 4.39 Å². The molecular formula is C22H23ClFN3O3. The fraction of sp³-hybridized carbons (Fsp3) is 0.409. The van der Waals surface area contributed by atoms with Gasteiger partial charge >= 0.3 is 0 Å². The molecule has 8 heteroatoms. The minimum atomic E-state index is -0.537. The summed E-state index contributed by atoms with van der Waals surface area (Å²) in [5.41, 5.74) is 0.939. The van der Waals surface area contributed by atoms with E-state index in [2.05, 4.69) is 16.4 Å². The molecule has 1 aromatic heterocycles. The van der Waals surface area contributed by atoms with Crippen molar-refractivity contribution in [2.24, 2.45) is 5.92 Å². The Morgan fingerprint density at radius 1 is 1.33 bits per heavy atom. The maximum absolute atomic E-state index is 14.1. The van der Waals surface area contributed by atoms with Crippen molar-refractivity contribution >= 4 is 17.5 Å². The van der Waals surface area contributed by atoms with Gasteiger partial charge in [0, 0.05) is 25.0 Å². The van der Waals surface area contributed by atoms with Crippen molar-refractivity contribution in [1.82, 2.24) is 10.3 Å². The standard InChI is InChI=1S/C22H23ClFN3O3/c1-2-14(10-19-17(24)12-16(23)13-26-19)22(28)27-18(6-7-25)15-4-5-20-21(11-15)30-9-3-8-29-20/h4-5,11-14,18H,2-3,6,8-10H2,1H3,(H,27,28). The molecule has 2 unspecified atom stereocenters. The number of nitriles is 1. The summed E-state index contributed by atoms with van der Waals surface area (Å²) in [6.07, 6.45) is 2.88. The molecule has 1 aliphatic heterocycles. The number of hydrogen-bond acceptors (Lipinski definition) is 5. The summed E-state index contributed by atoms with van der Waals surface area (Å²) in [6, 6.07) is 8.18. The van der Waals surface area contributed by atoms with Crippen LogP contribution < -0.4 is 14.8 Å². The highest BCUT2D eigenvalue weighted by atomic mass is 35.5. The van der Waals surface area contributed by atoms with Crippen molar-refractivity contribution in [1.29, 1.82) is 5.26 Å². The van der Waals surface area contributed by atoms with Crippen LogP contribution in [0.3, 0.4) is 0 Å². The first kappa shape index (κ1) is 21.8. The Labute approximate surface area is 180 Å². The molecule has 1 N–H and O–H groups in total. The van der Waals surface area contributed by atoms with Crippen LogP contribution in [0.2, 0.25) is 5.02 Å². The molecule has 1 aliphatic rings. The zero-order valence-electron chi connectivity index (χ0n) is 16.7. The Morgan fingerprint density at radius 2 is 2.10 bits per heavy atom. The monoisotopic (exact) mass is 431 g/mol. The second kappa shape index (κ2) is 10.3. The van der Waals surface area contributed by atoms with Crippen LogP contribution in [-0.4, -0.2) is 24.1 Å². The number of rotatable bonds is 7. The molecule has 6 nitrogen and oxygen atoms in total. The zero-order chi connectivity index (χ0) is 21.5. The maximum atomic E-state index is 14.1. The van der Waals surface area contributed by atoms with Gasteiger partial charge in [-0.15, -0.1) is 0 Å². The number of aromatic nitrogens is 1. The van der Waals surface area contributed by atoms with Gasteiger partial charge in [0.1, 0.15) is 5.82 Å². The lowest BCUT2D eigenvalue weighted by molar-refractivity contribution is -0.125. The molecule has 0 bridgehead atoms. The molecule has 2 heterocycles. The van der Waals surface area contributed by atoms with E-state index < -0.39 is 17.8 Å². The third-order valence-corrected chi connectivity index (χ3v) is 5.18. The number of carbonyl (C=O) groups is 1. The molecule has 0 saturated carbocycles. The summed E-state index contributed by atoms with van der Waals surface area (Å²) in [5, 5.41) is 12.4. The van der Waals surface area contributed by atoms with Gasteiger partial charge in [-0.05, 0) is 30.2 Å². The van der Waals surface area contributed by atoms with Crippen LogP contribution in [0, 0.1) is 23.1 Å². The van der Waals surface area contributed by atoms with Gasteiger partial charge in [-0.2, -0.15) is 5.26 Å². The van der Waals surface area contributed by atoms with E-state index in [1.54, 1.807) is 12.1 Å². The fourth-order valence-corrected chi connectivity index (χ4v) is 3.42. The summed E-state index contributed by atoms with van der Waals surface area (Å²) >= 11 is 5.75. The van der Waals surface area contributed by atoms with Gasteiger partial charge in [-0.1, -0.05) is 24.6 Å². The Bertz CT molecular complexity index is 948. The van der Waals surface area contributed by atoms with Crippen LogP contribution in [0.1, 0.15) is 43.5 Å². The van der Waals surface area contributed by atoms with Crippen LogP contribution >= 0.6 is 11.6 Å². The van der Waals surface area contributed by atoms with Crippen LogP contribution in [0.15, 0.2) is 30.5 Å². The van der Waals surface area contributed by atoms with E-state index in [1.165, 1.54) is 12.3 Å². The summed E-state index contributed by atoms with van der Waals surface area (Å²) in [5.74, 6) is -0.0447. The molecule has 1 aromatic carbocycles.